The lowest BCUT2D eigenvalue weighted by Gasteiger charge is -2.10. The van der Waals surface area contributed by atoms with Crippen molar-refractivity contribution in [3.05, 3.63) is 34.9 Å². The van der Waals surface area contributed by atoms with E-state index in [2.05, 4.69) is 17.2 Å². The zero-order valence-electron chi connectivity index (χ0n) is 12.7. The van der Waals surface area contributed by atoms with Crippen LogP contribution in [0, 0.1) is 24.7 Å². The van der Waals surface area contributed by atoms with E-state index >= 15 is 0 Å². The van der Waals surface area contributed by atoms with E-state index in [1.165, 1.54) is 25.7 Å². The minimum Gasteiger partial charge on any atom is -0.352 e. The van der Waals surface area contributed by atoms with Gasteiger partial charge in [0.15, 0.2) is 0 Å². The molecule has 0 unspecified atom stereocenters. The van der Waals surface area contributed by atoms with Gasteiger partial charge in [0.05, 0.1) is 6.54 Å². The summed E-state index contributed by atoms with van der Waals surface area (Å²) in [6.45, 7) is 3.07. The highest BCUT2D eigenvalue weighted by Crippen LogP contribution is 2.26. The number of benzene rings is 1. The molecule has 1 amide bonds. The van der Waals surface area contributed by atoms with Crippen LogP contribution in [0.3, 0.4) is 0 Å². The van der Waals surface area contributed by atoms with E-state index in [-0.39, 0.29) is 5.91 Å². The molecule has 0 saturated heterocycles. The van der Waals surface area contributed by atoms with Gasteiger partial charge in [0, 0.05) is 17.7 Å². The Bertz CT molecular complexity index is 548. The molecule has 0 aliphatic heterocycles. The molecule has 1 saturated carbocycles. The van der Waals surface area contributed by atoms with Crippen LogP contribution in [-0.2, 0) is 0 Å². The van der Waals surface area contributed by atoms with E-state index in [0.29, 0.717) is 12.1 Å². The number of hydrogen-bond donors (Lipinski definition) is 2. The Morgan fingerprint density at radius 2 is 2.10 bits per heavy atom. The van der Waals surface area contributed by atoms with Gasteiger partial charge in [0.2, 0.25) is 0 Å². The summed E-state index contributed by atoms with van der Waals surface area (Å²) >= 11 is 0. The summed E-state index contributed by atoms with van der Waals surface area (Å²) in [7, 11) is 0. The number of carbonyl (C=O) groups excluding carboxylic acids is 1. The SMILES string of the molecule is Cc1cc(C#CCN)cc(C(=O)NCCC2CCCC2)c1. The Morgan fingerprint density at radius 1 is 1.33 bits per heavy atom. The molecule has 21 heavy (non-hydrogen) atoms. The van der Waals surface area contributed by atoms with Crippen LogP contribution in [0.2, 0.25) is 0 Å². The first-order chi connectivity index (χ1) is 10.2. The quantitative estimate of drug-likeness (QED) is 0.835. The second kappa shape index (κ2) is 7.85. The van der Waals surface area contributed by atoms with Gasteiger partial charge < -0.3 is 11.1 Å². The topological polar surface area (TPSA) is 55.1 Å². The molecule has 3 N–H and O–H groups in total. The normalized spacial score (nSPS) is 14.6. The van der Waals surface area contributed by atoms with Gasteiger partial charge in [-0.15, -0.1) is 0 Å². The minimum absolute atomic E-state index is 0.00695. The van der Waals surface area contributed by atoms with Crippen molar-refractivity contribution in [1.29, 1.82) is 0 Å². The van der Waals surface area contributed by atoms with Crippen LogP contribution in [0.1, 0.15) is 53.6 Å². The largest absolute Gasteiger partial charge is 0.352 e. The Hall–Kier alpha value is -1.79. The summed E-state index contributed by atoms with van der Waals surface area (Å²) in [4.78, 5) is 12.2. The summed E-state index contributed by atoms with van der Waals surface area (Å²) in [5.41, 5.74) is 7.96. The fourth-order valence-corrected chi connectivity index (χ4v) is 2.93. The Balaban J connectivity index is 1.93. The number of hydrogen-bond acceptors (Lipinski definition) is 2. The lowest BCUT2D eigenvalue weighted by atomic mass is 10.0. The van der Waals surface area contributed by atoms with Gasteiger partial charge in [-0.2, -0.15) is 0 Å². The first-order valence-electron chi connectivity index (χ1n) is 7.78. The average molecular weight is 284 g/mol. The van der Waals surface area contributed by atoms with E-state index < -0.39 is 0 Å². The maximum absolute atomic E-state index is 12.2. The van der Waals surface area contributed by atoms with E-state index in [1.54, 1.807) is 0 Å². The van der Waals surface area contributed by atoms with E-state index in [4.69, 9.17) is 5.73 Å². The molecule has 0 atom stereocenters. The van der Waals surface area contributed by atoms with Gasteiger partial charge in [-0.1, -0.05) is 37.5 Å². The highest BCUT2D eigenvalue weighted by Gasteiger charge is 2.15. The zero-order valence-corrected chi connectivity index (χ0v) is 12.7. The van der Waals surface area contributed by atoms with Crippen molar-refractivity contribution in [2.75, 3.05) is 13.1 Å². The van der Waals surface area contributed by atoms with Gasteiger partial charge >= 0.3 is 0 Å². The summed E-state index contributed by atoms with van der Waals surface area (Å²) in [6, 6.07) is 5.71. The Kier molecular flexibility index (Phi) is 5.83. The highest BCUT2D eigenvalue weighted by atomic mass is 16.1. The van der Waals surface area contributed by atoms with Crippen molar-refractivity contribution in [3.63, 3.8) is 0 Å². The summed E-state index contributed by atoms with van der Waals surface area (Å²) in [5.74, 6) is 6.60. The molecule has 3 nitrogen and oxygen atoms in total. The van der Waals surface area contributed by atoms with Crippen molar-refractivity contribution >= 4 is 5.91 Å². The van der Waals surface area contributed by atoms with Crippen molar-refractivity contribution in [3.8, 4) is 11.8 Å². The maximum Gasteiger partial charge on any atom is 0.251 e. The fraction of sp³-hybridized carbons (Fsp3) is 0.500. The molecule has 1 fully saturated rings. The van der Waals surface area contributed by atoms with Crippen LogP contribution < -0.4 is 11.1 Å². The molecule has 1 aliphatic rings. The molecular formula is C18H24N2O. The first kappa shape index (κ1) is 15.6. The number of carbonyl (C=O) groups is 1. The molecule has 1 aromatic rings. The zero-order chi connectivity index (χ0) is 15.1. The highest BCUT2D eigenvalue weighted by molar-refractivity contribution is 5.94. The molecule has 112 valence electrons. The lowest BCUT2D eigenvalue weighted by molar-refractivity contribution is 0.0951. The predicted molar refractivity (Wildman–Crippen MR) is 86.0 cm³/mol. The smallest absolute Gasteiger partial charge is 0.251 e. The molecule has 0 radical (unpaired) electrons. The third-order valence-electron chi connectivity index (χ3n) is 3.99. The number of rotatable bonds is 4. The molecular weight excluding hydrogens is 260 g/mol. The van der Waals surface area contributed by atoms with Crippen LogP contribution in [-0.4, -0.2) is 19.0 Å². The second-order valence-electron chi connectivity index (χ2n) is 5.79. The van der Waals surface area contributed by atoms with E-state index in [9.17, 15) is 4.79 Å². The number of nitrogens with two attached hydrogens (primary N) is 1. The second-order valence-corrected chi connectivity index (χ2v) is 5.79. The summed E-state index contributed by atoms with van der Waals surface area (Å²) in [6.07, 6.45) is 6.43. The molecule has 2 rings (SSSR count). The third kappa shape index (κ3) is 4.91. The summed E-state index contributed by atoms with van der Waals surface area (Å²) in [5, 5.41) is 3.02. The predicted octanol–water partition coefficient (Wildman–Crippen LogP) is 2.62. The van der Waals surface area contributed by atoms with Gasteiger partial charge in [-0.3, -0.25) is 4.79 Å². The minimum atomic E-state index is -0.00695. The van der Waals surface area contributed by atoms with Crippen LogP contribution in [0.4, 0.5) is 0 Å². The van der Waals surface area contributed by atoms with Crippen LogP contribution in [0.5, 0.6) is 0 Å². The van der Waals surface area contributed by atoms with Gasteiger partial charge in [-0.25, -0.2) is 0 Å². The van der Waals surface area contributed by atoms with Crippen molar-refractivity contribution < 1.29 is 4.79 Å². The molecule has 0 bridgehead atoms. The number of amides is 1. The average Bonchev–Trinajstić information content (AvgIpc) is 2.97. The Morgan fingerprint density at radius 3 is 2.81 bits per heavy atom. The van der Waals surface area contributed by atoms with E-state index in [0.717, 1.165) is 30.0 Å². The molecule has 0 heterocycles. The van der Waals surface area contributed by atoms with Crippen LogP contribution in [0.15, 0.2) is 18.2 Å². The maximum atomic E-state index is 12.2. The summed E-state index contributed by atoms with van der Waals surface area (Å²) < 4.78 is 0. The molecule has 1 aromatic carbocycles. The van der Waals surface area contributed by atoms with Crippen LogP contribution >= 0.6 is 0 Å². The molecule has 3 heteroatoms. The number of aryl methyl sites for hydroxylation is 1. The molecule has 0 aromatic heterocycles. The van der Waals surface area contributed by atoms with Gasteiger partial charge in [0.25, 0.3) is 5.91 Å². The standard InChI is InChI=1S/C18H24N2O/c1-14-11-16(7-4-9-19)13-17(12-14)18(21)20-10-8-15-5-2-3-6-15/h11-13,15H,2-3,5-6,8-10,19H2,1H3,(H,20,21). The lowest BCUT2D eigenvalue weighted by Crippen LogP contribution is -2.25. The number of nitrogens with one attached hydrogen (secondary N) is 1. The molecule has 0 spiro atoms. The Labute approximate surface area is 127 Å². The van der Waals surface area contributed by atoms with Crippen molar-refractivity contribution in [2.24, 2.45) is 11.7 Å². The van der Waals surface area contributed by atoms with Crippen molar-refractivity contribution in [2.45, 2.75) is 39.0 Å². The monoisotopic (exact) mass is 284 g/mol. The van der Waals surface area contributed by atoms with Gasteiger partial charge in [0.1, 0.15) is 0 Å². The van der Waals surface area contributed by atoms with Crippen molar-refractivity contribution in [1.82, 2.24) is 5.32 Å². The molecule has 1 aliphatic carbocycles. The van der Waals surface area contributed by atoms with Gasteiger partial charge in [-0.05, 0) is 43.0 Å². The van der Waals surface area contributed by atoms with Crippen LogP contribution in [0.25, 0.3) is 0 Å². The van der Waals surface area contributed by atoms with E-state index in [1.807, 2.05) is 25.1 Å². The third-order valence-corrected chi connectivity index (χ3v) is 3.99. The first-order valence-corrected chi connectivity index (χ1v) is 7.78. The fourth-order valence-electron chi connectivity index (χ4n) is 2.93.